The van der Waals surface area contributed by atoms with Gasteiger partial charge < -0.3 is 31.5 Å². The van der Waals surface area contributed by atoms with Crippen molar-refractivity contribution in [3.05, 3.63) is 82.9 Å². The number of hydrogen-bond acceptors (Lipinski definition) is 9. The van der Waals surface area contributed by atoms with Gasteiger partial charge in [-0.3, -0.25) is 4.98 Å². The molecule has 0 spiro atoms. The van der Waals surface area contributed by atoms with Crippen LogP contribution in [0.25, 0.3) is 0 Å². The number of amidine groups is 1. The molecule has 182 valence electrons. The molecule has 2 heterocycles. The van der Waals surface area contributed by atoms with Crippen molar-refractivity contribution in [2.45, 2.75) is 38.0 Å². The minimum Gasteiger partial charge on any atom is -0.490 e. The van der Waals surface area contributed by atoms with Crippen molar-refractivity contribution in [1.82, 2.24) is 15.6 Å². The van der Waals surface area contributed by atoms with Gasteiger partial charge in [-0.2, -0.15) is 5.26 Å². The van der Waals surface area contributed by atoms with Crippen LogP contribution < -0.4 is 21.7 Å². The van der Waals surface area contributed by atoms with E-state index in [1.807, 2.05) is 6.07 Å². The molecule has 0 bridgehead atoms. The van der Waals surface area contributed by atoms with Crippen molar-refractivity contribution in [2.75, 3.05) is 18.5 Å². The summed E-state index contributed by atoms with van der Waals surface area (Å²) in [4.78, 5) is 8.72. The number of hydrogen-bond donors (Lipinski definition) is 5. The maximum Gasteiger partial charge on any atom is 0.180 e. The molecule has 1 aromatic heterocycles. The van der Waals surface area contributed by atoms with E-state index in [0.717, 1.165) is 30.5 Å². The van der Waals surface area contributed by atoms with E-state index in [4.69, 9.17) is 15.5 Å². The van der Waals surface area contributed by atoms with Gasteiger partial charge in [0.25, 0.3) is 0 Å². The monoisotopic (exact) mass is 477 g/mol. The van der Waals surface area contributed by atoms with E-state index in [9.17, 15) is 14.8 Å². The number of ether oxygens (including phenoxy) is 1. The number of halogens is 1. The van der Waals surface area contributed by atoms with Gasteiger partial charge >= 0.3 is 0 Å². The molecule has 2 unspecified atom stereocenters. The summed E-state index contributed by atoms with van der Waals surface area (Å²) in [6.07, 6.45) is 6.63. The third-order valence-electron chi connectivity index (χ3n) is 5.87. The summed E-state index contributed by atoms with van der Waals surface area (Å²) >= 11 is 0. The Hall–Kier alpha value is -3.94. The standard InChI is InChI=1S/C25H28FN7O2/c26-19-6-2-1-4-16(19)14-30-21-7-3-5-18(21)23(28)25-31-15-22(35-11-10-34)24(33-25)32-20-8-9-29-13-17(20)12-27/h1-2,4,6,8-9,13,15,23-24,30,34H,3,5,7,10-11,14,28H2,(H,29,32)(H,31,33). The summed E-state index contributed by atoms with van der Waals surface area (Å²) < 4.78 is 19.7. The highest BCUT2D eigenvalue weighted by Gasteiger charge is 2.28. The van der Waals surface area contributed by atoms with E-state index in [-0.39, 0.29) is 19.0 Å². The Kier molecular flexibility index (Phi) is 7.92. The third kappa shape index (κ3) is 5.77. The van der Waals surface area contributed by atoms with E-state index >= 15 is 0 Å². The lowest BCUT2D eigenvalue weighted by Gasteiger charge is -2.28. The average Bonchev–Trinajstić information content (AvgIpc) is 3.36. The second-order valence-electron chi connectivity index (χ2n) is 8.14. The highest BCUT2D eigenvalue weighted by atomic mass is 19.1. The number of pyridine rings is 1. The van der Waals surface area contributed by atoms with Crippen LogP contribution in [0, 0.1) is 17.1 Å². The predicted molar refractivity (Wildman–Crippen MR) is 130 cm³/mol. The van der Waals surface area contributed by atoms with Crippen molar-refractivity contribution < 1.29 is 14.2 Å². The SMILES string of the molecule is N#Cc1cnccc1NC1N=C(C(N)C2=C(NCc3ccccc3F)CCC2)NC=C1OCCO. The van der Waals surface area contributed by atoms with Gasteiger partial charge in [0, 0.05) is 36.4 Å². The number of benzene rings is 1. The molecule has 1 aromatic carbocycles. The van der Waals surface area contributed by atoms with Gasteiger partial charge in [-0.05, 0) is 37.0 Å². The van der Waals surface area contributed by atoms with Crippen molar-refractivity contribution in [1.29, 1.82) is 5.26 Å². The van der Waals surface area contributed by atoms with Gasteiger partial charge in [0.05, 0.1) is 23.9 Å². The molecule has 1 aliphatic carbocycles. The van der Waals surface area contributed by atoms with Crippen LogP contribution in [-0.4, -0.2) is 41.3 Å². The third-order valence-corrected chi connectivity index (χ3v) is 5.87. The lowest BCUT2D eigenvalue weighted by Crippen LogP contribution is -2.45. The van der Waals surface area contributed by atoms with E-state index in [1.165, 1.54) is 12.3 Å². The van der Waals surface area contributed by atoms with Crippen molar-refractivity contribution in [3.63, 3.8) is 0 Å². The number of anilines is 1. The molecule has 0 saturated carbocycles. The maximum atomic E-state index is 14.0. The Labute approximate surface area is 203 Å². The average molecular weight is 478 g/mol. The zero-order chi connectivity index (χ0) is 24.6. The van der Waals surface area contributed by atoms with Crippen molar-refractivity contribution in [2.24, 2.45) is 10.7 Å². The second-order valence-corrected chi connectivity index (χ2v) is 8.14. The highest BCUT2D eigenvalue weighted by molar-refractivity contribution is 5.92. The van der Waals surface area contributed by atoms with Crippen LogP contribution in [0.3, 0.4) is 0 Å². The lowest BCUT2D eigenvalue weighted by atomic mass is 10.0. The molecule has 4 rings (SSSR count). The Balaban J connectivity index is 1.54. The van der Waals surface area contributed by atoms with Crippen LogP contribution in [0.2, 0.25) is 0 Å². The van der Waals surface area contributed by atoms with Gasteiger partial charge in [0.2, 0.25) is 0 Å². The van der Waals surface area contributed by atoms with Gasteiger partial charge in [-0.25, -0.2) is 9.38 Å². The molecule has 35 heavy (non-hydrogen) atoms. The molecule has 2 atom stereocenters. The summed E-state index contributed by atoms with van der Waals surface area (Å²) in [5.74, 6) is 0.743. The Morgan fingerprint density at radius 3 is 2.97 bits per heavy atom. The first-order valence-electron chi connectivity index (χ1n) is 11.4. The number of nitriles is 1. The molecule has 6 N–H and O–H groups in total. The quantitative estimate of drug-likeness (QED) is 0.351. The van der Waals surface area contributed by atoms with Gasteiger partial charge in [-0.1, -0.05) is 18.2 Å². The summed E-state index contributed by atoms with van der Waals surface area (Å²) in [5, 5.41) is 28.3. The molecule has 0 saturated heterocycles. The first-order chi connectivity index (χ1) is 17.1. The molecule has 0 amide bonds. The number of aliphatic hydroxyl groups is 1. The summed E-state index contributed by atoms with van der Waals surface area (Å²) in [6, 6.07) is 9.97. The zero-order valence-electron chi connectivity index (χ0n) is 19.2. The number of nitrogens with two attached hydrogens (primary N) is 1. The topological polar surface area (TPSA) is 141 Å². The smallest absolute Gasteiger partial charge is 0.180 e. The minimum absolute atomic E-state index is 0.0965. The molecule has 1 aliphatic heterocycles. The largest absolute Gasteiger partial charge is 0.490 e. The molecule has 2 aliphatic rings. The van der Waals surface area contributed by atoms with Crippen molar-refractivity contribution in [3.8, 4) is 6.07 Å². The van der Waals surface area contributed by atoms with Crippen LogP contribution in [0.1, 0.15) is 30.4 Å². The molecule has 0 fully saturated rings. The summed E-state index contributed by atoms with van der Waals surface area (Å²) in [6.45, 7) is 0.322. The number of nitrogens with zero attached hydrogens (tertiary/aromatic N) is 3. The fraction of sp³-hybridized carbons (Fsp3) is 0.320. The van der Waals surface area contributed by atoms with Crippen LogP contribution >= 0.6 is 0 Å². The number of allylic oxidation sites excluding steroid dienone is 1. The first kappa shape index (κ1) is 24.2. The normalized spacial score (nSPS) is 18.2. The number of nitrogens with one attached hydrogen (secondary N) is 3. The van der Waals surface area contributed by atoms with Crippen LogP contribution in [-0.2, 0) is 11.3 Å². The molecule has 2 aromatic rings. The Morgan fingerprint density at radius 2 is 2.17 bits per heavy atom. The summed E-state index contributed by atoms with van der Waals surface area (Å²) in [5.41, 5.74) is 10.2. The van der Waals surface area contributed by atoms with Crippen molar-refractivity contribution >= 4 is 11.5 Å². The maximum absolute atomic E-state index is 14.0. The first-order valence-corrected chi connectivity index (χ1v) is 11.4. The number of aliphatic imine (C=N–C) groups is 1. The number of aromatic nitrogens is 1. The van der Waals surface area contributed by atoms with E-state index in [2.05, 4.69) is 27.0 Å². The second kappa shape index (κ2) is 11.5. The number of aliphatic hydroxyl groups excluding tert-OH is 1. The summed E-state index contributed by atoms with van der Waals surface area (Å²) in [7, 11) is 0. The molecule has 10 heteroatoms. The van der Waals surface area contributed by atoms with Crippen LogP contribution in [0.15, 0.2) is 70.9 Å². The van der Waals surface area contributed by atoms with E-state index in [0.29, 0.717) is 35.0 Å². The van der Waals surface area contributed by atoms with Gasteiger partial charge in [0.1, 0.15) is 24.3 Å². The van der Waals surface area contributed by atoms with Gasteiger partial charge in [0.15, 0.2) is 11.9 Å². The van der Waals surface area contributed by atoms with Crippen LogP contribution in [0.5, 0.6) is 0 Å². The molecule has 9 nitrogen and oxygen atoms in total. The number of rotatable bonds is 10. The Morgan fingerprint density at radius 1 is 1.31 bits per heavy atom. The van der Waals surface area contributed by atoms with E-state index < -0.39 is 12.2 Å². The fourth-order valence-electron chi connectivity index (χ4n) is 4.10. The Bertz CT molecular complexity index is 1190. The highest BCUT2D eigenvalue weighted by Crippen LogP contribution is 2.28. The molecular weight excluding hydrogens is 449 g/mol. The van der Waals surface area contributed by atoms with E-state index in [1.54, 1.807) is 30.6 Å². The fourth-order valence-corrected chi connectivity index (χ4v) is 4.10. The minimum atomic E-state index is -0.657. The van der Waals surface area contributed by atoms with Gasteiger partial charge in [-0.15, -0.1) is 0 Å². The zero-order valence-corrected chi connectivity index (χ0v) is 19.2. The molecular formula is C25H28FN7O2. The van der Waals surface area contributed by atoms with Crippen LogP contribution in [0.4, 0.5) is 10.1 Å². The molecule has 0 radical (unpaired) electrons. The lowest BCUT2D eigenvalue weighted by molar-refractivity contribution is 0.135. The predicted octanol–water partition coefficient (Wildman–Crippen LogP) is 2.24.